The van der Waals surface area contributed by atoms with Gasteiger partial charge in [-0.25, -0.2) is 4.79 Å². The number of carbonyl (C=O) groups is 1. The molecule has 2 N–H and O–H groups in total. The van der Waals surface area contributed by atoms with E-state index in [1.807, 2.05) is 54.6 Å². The van der Waals surface area contributed by atoms with Crippen molar-refractivity contribution in [1.29, 1.82) is 0 Å². The van der Waals surface area contributed by atoms with Crippen LogP contribution in [0.4, 0.5) is 4.79 Å². The Balaban J connectivity index is 2.03. The van der Waals surface area contributed by atoms with Crippen LogP contribution in [0.5, 0.6) is 0 Å². The first-order valence-electron chi connectivity index (χ1n) is 8.57. The Morgan fingerprint density at radius 2 is 1.60 bits per heavy atom. The molecule has 0 heterocycles. The largest absolute Gasteiger partial charge is 0.380 e. The fourth-order valence-corrected chi connectivity index (χ4v) is 2.83. The zero-order valence-electron chi connectivity index (χ0n) is 15.5. The van der Waals surface area contributed by atoms with Gasteiger partial charge in [-0.1, -0.05) is 75.4 Å². The SMILES string of the molecule is COCc1ccccc1CNC(=O)NC(c1ccccc1)C(C)(C)C. The molecular formula is C21H28N2O2. The van der Waals surface area contributed by atoms with Gasteiger partial charge in [0.1, 0.15) is 0 Å². The van der Waals surface area contributed by atoms with Crippen LogP contribution < -0.4 is 10.6 Å². The first kappa shape index (κ1) is 19.0. The second-order valence-electron chi connectivity index (χ2n) is 7.24. The Bertz CT molecular complexity index is 678. The normalized spacial score (nSPS) is 12.5. The average Bonchev–Trinajstić information content (AvgIpc) is 2.59. The Kier molecular flexibility index (Phi) is 6.59. The Morgan fingerprint density at radius 1 is 1.00 bits per heavy atom. The lowest BCUT2D eigenvalue weighted by Crippen LogP contribution is -2.42. The lowest BCUT2D eigenvalue weighted by molar-refractivity contribution is 0.184. The van der Waals surface area contributed by atoms with E-state index in [9.17, 15) is 4.79 Å². The van der Waals surface area contributed by atoms with Crippen LogP contribution in [-0.2, 0) is 17.9 Å². The zero-order valence-corrected chi connectivity index (χ0v) is 15.5. The third-order valence-electron chi connectivity index (χ3n) is 4.13. The van der Waals surface area contributed by atoms with Gasteiger partial charge in [-0.15, -0.1) is 0 Å². The van der Waals surface area contributed by atoms with Crippen LogP contribution in [0.1, 0.15) is 43.5 Å². The first-order chi connectivity index (χ1) is 11.9. The highest BCUT2D eigenvalue weighted by molar-refractivity contribution is 5.74. The van der Waals surface area contributed by atoms with E-state index < -0.39 is 0 Å². The monoisotopic (exact) mass is 340 g/mol. The second-order valence-corrected chi connectivity index (χ2v) is 7.24. The van der Waals surface area contributed by atoms with Crippen molar-refractivity contribution in [3.8, 4) is 0 Å². The van der Waals surface area contributed by atoms with Crippen molar-refractivity contribution in [2.75, 3.05) is 7.11 Å². The van der Waals surface area contributed by atoms with Crippen molar-refractivity contribution in [3.63, 3.8) is 0 Å². The van der Waals surface area contributed by atoms with E-state index in [1.165, 1.54) is 0 Å². The van der Waals surface area contributed by atoms with Gasteiger partial charge in [-0.3, -0.25) is 0 Å². The van der Waals surface area contributed by atoms with Gasteiger partial charge in [-0.05, 0) is 22.1 Å². The fourth-order valence-electron chi connectivity index (χ4n) is 2.83. The molecule has 1 unspecified atom stereocenters. The minimum absolute atomic E-state index is 0.0667. The molecule has 0 aliphatic rings. The van der Waals surface area contributed by atoms with Crippen molar-refractivity contribution in [1.82, 2.24) is 10.6 Å². The molecule has 0 saturated carbocycles. The van der Waals surface area contributed by atoms with E-state index in [1.54, 1.807) is 7.11 Å². The third kappa shape index (κ3) is 5.61. The molecule has 4 heteroatoms. The standard InChI is InChI=1S/C21H28N2O2/c1-21(2,3)19(16-10-6-5-7-11-16)23-20(24)22-14-17-12-8-9-13-18(17)15-25-4/h5-13,19H,14-15H2,1-4H3,(H2,22,23,24). The topological polar surface area (TPSA) is 50.4 Å². The Hall–Kier alpha value is -2.33. The molecular weight excluding hydrogens is 312 g/mol. The number of amides is 2. The van der Waals surface area contributed by atoms with E-state index in [0.29, 0.717) is 13.2 Å². The molecule has 2 aromatic rings. The van der Waals surface area contributed by atoms with Crippen molar-refractivity contribution >= 4 is 6.03 Å². The Morgan fingerprint density at radius 3 is 2.20 bits per heavy atom. The smallest absolute Gasteiger partial charge is 0.315 e. The van der Waals surface area contributed by atoms with Crippen LogP contribution in [0.2, 0.25) is 0 Å². The summed E-state index contributed by atoms with van der Waals surface area (Å²) in [4.78, 5) is 12.5. The minimum atomic E-state index is -0.170. The maximum absolute atomic E-state index is 12.5. The number of hydrogen-bond donors (Lipinski definition) is 2. The minimum Gasteiger partial charge on any atom is -0.380 e. The highest BCUT2D eigenvalue weighted by Crippen LogP contribution is 2.32. The van der Waals surface area contributed by atoms with Crippen LogP contribution >= 0.6 is 0 Å². The van der Waals surface area contributed by atoms with Crippen LogP contribution in [-0.4, -0.2) is 13.1 Å². The van der Waals surface area contributed by atoms with Crippen molar-refractivity contribution in [2.45, 2.75) is 40.0 Å². The van der Waals surface area contributed by atoms with E-state index in [0.717, 1.165) is 16.7 Å². The molecule has 0 spiro atoms. The van der Waals surface area contributed by atoms with Crippen LogP contribution in [0.15, 0.2) is 54.6 Å². The number of carbonyl (C=O) groups excluding carboxylic acids is 1. The summed E-state index contributed by atoms with van der Waals surface area (Å²) in [6, 6.07) is 17.8. The molecule has 0 aliphatic heterocycles. The molecule has 25 heavy (non-hydrogen) atoms. The molecule has 4 nitrogen and oxygen atoms in total. The number of rotatable bonds is 6. The molecule has 0 saturated heterocycles. The lowest BCUT2D eigenvalue weighted by Gasteiger charge is -2.32. The van der Waals surface area contributed by atoms with E-state index in [-0.39, 0.29) is 17.5 Å². The van der Waals surface area contributed by atoms with Crippen molar-refractivity contribution in [3.05, 3.63) is 71.3 Å². The van der Waals surface area contributed by atoms with Crippen molar-refractivity contribution < 1.29 is 9.53 Å². The molecule has 0 fully saturated rings. The van der Waals surface area contributed by atoms with Gasteiger partial charge in [0.05, 0.1) is 12.6 Å². The quantitative estimate of drug-likeness (QED) is 0.818. The summed E-state index contributed by atoms with van der Waals surface area (Å²) in [6.45, 7) is 7.38. The van der Waals surface area contributed by atoms with Gasteiger partial charge in [0.2, 0.25) is 0 Å². The molecule has 0 radical (unpaired) electrons. The summed E-state index contributed by atoms with van der Waals surface area (Å²) in [7, 11) is 1.67. The second kappa shape index (κ2) is 8.67. The van der Waals surface area contributed by atoms with Gasteiger partial charge in [0.25, 0.3) is 0 Å². The summed E-state index contributed by atoms with van der Waals surface area (Å²) < 4.78 is 5.21. The van der Waals surface area contributed by atoms with E-state index >= 15 is 0 Å². The van der Waals surface area contributed by atoms with Gasteiger partial charge in [0, 0.05) is 13.7 Å². The molecule has 2 rings (SSSR count). The predicted octanol–water partition coefficient (Wildman–Crippen LogP) is 4.42. The molecule has 2 aromatic carbocycles. The fraction of sp³-hybridized carbons (Fsp3) is 0.381. The summed E-state index contributed by atoms with van der Waals surface area (Å²) in [5.41, 5.74) is 3.16. The van der Waals surface area contributed by atoms with Gasteiger partial charge in [-0.2, -0.15) is 0 Å². The summed E-state index contributed by atoms with van der Waals surface area (Å²) >= 11 is 0. The summed E-state index contributed by atoms with van der Waals surface area (Å²) in [5, 5.41) is 6.08. The van der Waals surface area contributed by atoms with Crippen LogP contribution in [0, 0.1) is 5.41 Å². The van der Waals surface area contributed by atoms with Gasteiger partial charge < -0.3 is 15.4 Å². The molecule has 0 bridgehead atoms. The van der Waals surface area contributed by atoms with Crippen LogP contribution in [0.3, 0.4) is 0 Å². The molecule has 1 atom stereocenters. The summed E-state index contributed by atoms with van der Waals surface area (Å²) in [6.07, 6.45) is 0. The van der Waals surface area contributed by atoms with E-state index in [4.69, 9.17) is 4.74 Å². The maximum atomic E-state index is 12.5. The first-order valence-corrected chi connectivity index (χ1v) is 8.57. The average molecular weight is 340 g/mol. The van der Waals surface area contributed by atoms with Crippen LogP contribution in [0.25, 0.3) is 0 Å². The number of urea groups is 1. The number of hydrogen-bond acceptors (Lipinski definition) is 2. The molecule has 134 valence electrons. The number of ether oxygens (including phenoxy) is 1. The highest BCUT2D eigenvalue weighted by atomic mass is 16.5. The zero-order chi connectivity index (χ0) is 18.3. The summed E-state index contributed by atoms with van der Waals surface area (Å²) in [5.74, 6) is 0. The van der Waals surface area contributed by atoms with Gasteiger partial charge in [0.15, 0.2) is 0 Å². The number of methoxy groups -OCH3 is 1. The number of benzene rings is 2. The van der Waals surface area contributed by atoms with E-state index in [2.05, 4.69) is 31.4 Å². The lowest BCUT2D eigenvalue weighted by atomic mass is 9.82. The Labute approximate surface area is 150 Å². The number of nitrogens with one attached hydrogen (secondary N) is 2. The van der Waals surface area contributed by atoms with Crippen molar-refractivity contribution in [2.24, 2.45) is 5.41 Å². The molecule has 2 amide bonds. The third-order valence-corrected chi connectivity index (χ3v) is 4.13. The predicted molar refractivity (Wildman–Crippen MR) is 101 cm³/mol. The van der Waals surface area contributed by atoms with Gasteiger partial charge >= 0.3 is 6.03 Å². The molecule has 0 aromatic heterocycles. The molecule has 0 aliphatic carbocycles. The highest BCUT2D eigenvalue weighted by Gasteiger charge is 2.27. The maximum Gasteiger partial charge on any atom is 0.315 e.